The van der Waals surface area contributed by atoms with Crippen LogP contribution in [0.2, 0.25) is 0 Å². The third-order valence-electron chi connectivity index (χ3n) is 6.21. The summed E-state index contributed by atoms with van der Waals surface area (Å²) < 4.78 is 32.0. The molecule has 198 valence electrons. The number of hydrogen-bond donors (Lipinski definition) is 1. The molecule has 0 unspecified atom stereocenters. The lowest BCUT2D eigenvalue weighted by molar-refractivity contribution is -0.140. The van der Waals surface area contributed by atoms with E-state index < -0.39 is 28.5 Å². The van der Waals surface area contributed by atoms with E-state index >= 15 is 0 Å². The highest BCUT2D eigenvalue weighted by atomic mass is 32.2. The minimum absolute atomic E-state index is 0.0491. The lowest BCUT2D eigenvalue weighted by Gasteiger charge is -2.33. The minimum Gasteiger partial charge on any atom is -0.497 e. The number of anilines is 1. The van der Waals surface area contributed by atoms with E-state index in [0.717, 1.165) is 33.7 Å². The van der Waals surface area contributed by atoms with Gasteiger partial charge in [0, 0.05) is 12.6 Å². The van der Waals surface area contributed by atoms with E-state index in [4.69, 9.17) is 4.74 Å². The molecule has 0 aliphatic heterocycles. The number of ether oxygens (including phenoxy) is 1. The van der Waals surface area contributed by atoms with E-state index in [2.05, 4.69) is 5.32 Å². The van der Waals surface area contributed by atoms with E-state index in [-0.39, 0.29) is 18.5 Å². The van der Waals surface area contributed by atoms with Gasteiger partial charge >= 0.3 is 0 Å². The summed E-state index contributed by atoms with van der Waals surface area (Å²) in [4.78, 5) is 28.4. The molecule has 2 atom stereocenters. The Morgan fingerprint density at radius 3 is 2.19 bits per heavy atom. The summed E-state index contributed by atoms with van der Waals surface area (Å²) in [7, 11) is -2.20. The Bertz CT molecular complexity index is 1150. The number of nitrogens with one attached hydrogen (secondary N) is 1. The maximum absolute atomic E-state index is 13.8. The Labute approximate surface area is 215 Å². The fraction of sp³-hybridized carbons (Fsp3) is 0.481. The van der Waals surface area contributed by atoms with Crippen molar-refractivity contribution < 1.29 is 22.7 Å². The molecule has 9 heteroatoms. The summed E-state index contributed by atoms with van der Waals surface area (Å²) >= 11 is 0. The average Bonchev–Trinajstić information content (AvgIpc) is 2.83. The van der Waals surface area contributed by atoms with E-state index in [9.17, 15) is 18.0 Å². The molecule has 0 aromatic heterocycles. The van der Waals surface area contributed by atoms with Gasteiger partial charge < -0.3 is 15.0 Å². The summed E-state index contributed by atoms with van der Waals surface area (Å²) in [6.07, 6.45) is 2.22. The van der Waals surface area contributed by atoms with Crippen molar-refractivity contribution in [2.24, 2.45) is 0 Å². The molecular formula is C27H39N3O5S. The Kier molecular flexibility index (Phi) is 10.3. The highest BCUT2D eigenvalue weighted by Crippen LogP contribution is 2.25. The zero-order valence-corrected chi connectivity index (χ0v) is 23.2. The molecule has 0 fully saturated rings. The molecule has 0 heterocycles. The van der Waals surface area contributed by atoms with Crippen LogP contribution in [0.4, 0.5) is 5.69 Å². The van der Waals surface area contributed by atoms with Crippen LogP contribution in [0.5, 0.6) is 5.75 Å². The maximum Gasteiger partial charge on any atom is 0.244 e. The van der Waals surface area contributed by atoms with Gasteiger partial charge in [-0.3, -0.25) is 13.9 Å². The van der Waals surface area contributed by atoms with Crippen LogP contribution in [-0.2, 0) is 26.2 Å². The second-order valence-electron chi connectivity index (χ2n) is 9.17. The fourth-order valence-electron chi connectivity index (χ4n) is 3.87. The molecule has 0 spiro atoms. The Morgan fingerprint density at radius 2 is 1.67 bits per heavy atom. The molecule has 1 N–H and O–H groups in total. The molecule has 8 nitrogen and oxygen atoms in total. The first-order valence-electron chi connectivity index (χ1n) is 12.2. The van der Waals surface area contributed by atoms with Crippen molar-refractivity contribution >= 4 is 27.5 Å². The molecule has 2 rings (SSSR count). The first-order chi connectivity index (χ1) is 16.9. The number of methoxy groups -OCH3 is 1. The smallest absolute Gasteiger partial charge is 0.244 e. The number of benzene rings is 2. The zero-order valence-electron chi connectivity index (χ0n) is 22.4. The quantitative estimate of drug-likeness (QED) is 0.462. The first-order valence-corrected chi connectivity index (χ1v) is 14.0. The van der Waals surface area contributed by atoms with Crippen molar-refractivity contribution in [1.82, 2.24) is 10.2 Å². The molecule has 0 bridgehead atoms. The predicted molar refractivity (Wildman–Crippen MR) is 144 cm³/mol. The predicted octanol–water partition coefficient (Wildman–Crippen LogP) is 3.80. The maximum atomic E-state index is 13.8. The van der Waals surface area contributed by atoms with Crippen LogP contribution in [0.25, 0.3) is 0 Å². The fourth-order valence-corrected chi connectivity index (χ4v) is 4.77. The van der Waals surface area contributed by atoms with E-state index in [1.54, 1.807) is 32.2 Å². The molecule has 2 aromatic rings. The summed E-state index contributed by atoms with van der Waals surface area (Å²) in [5, 5.41) is 2.97. The van der Waals surface area contributed by atoms with Gasteiger partial charge in [-0.05, 0) is 68.5 Å². The SMILES string of the molecule is CC[C@H](C(=O)N[C@@H](C)CC)N(Cc1ccc(OC)cc1)C(=O)CN(c1cc(C)ccc1C)S(C)(=O)=O. The number of carbonyl (C=O) groups excluding carboxylic acids is 2. The molecule has 0 aliphatic carbocycles. The summed E-state index contributed by atoms with van der Waals surface area (Å²) in [6, 6.07) is 11.9. The lowest BCUT2D eigenvalue weighted by atomic mass is 10.1. The Balaban J connectivity index is 2.48. The highest BCUT2D eigenvalue weighted by Gasteiger charge is 2.32. The number of carbonyl (C=O) groups is 2. The molecule has 2 amide bonds. The van der Waals surface area contributed by atoms with Crippen molar-refractivity contribution in [2.45, 2.75) is 66.1 Å². The average molecular weight is 518 g/mol. The third kappa shape index (κ3) is 7.71. The van der Waals surface area contributed by atoms with Crippen molar-refractivity contribution in [2.75, 3.05) is 24.2 Å². The van der Waals surface area contributed by atoms with Crippen molar-refractivity contribution in [1.29, 1.82) is 0 Å². The van der Waals surface area contributed by atoms with Crippen molar-refractivity contribution in [3.8, 4) is 5.75 Å². The van der Waals surface area contributed by atoms with Gasteiger partial charge in [-0.2, -0.15) is 0 Å². The largest absolute Gasteiger partial charge is 0.497 e. The number of hydrogen-bond acceptors (Lipinski definition) is 5. The second kappa shape index (κ2) is 12.8. The van der Waals surface area contributed by atoms with Gasteiger partial charge in [-0.1, -0.05) is 38.1 Å². The van der Waals surface area contributed by atoms with Crippen LogP contribution < -0.4 is 14.4 Å². The van der Waals surface area contributed by atoms with Gasteiger partial charge in [0.05, 0.1) is 19.1 Å². The molecular weight excluding hydrogens is 478 g/mol. The standard InChI is InChI=1S/C27H39N3O5S/c1-8-21(5)28-27(32)24(9-2)29(17-22-12-14-23(35-6)15-13-22)26(31)18-30(36(7,33)34)25-16-19(3)10-11-20(25)4/h10-16,21,24H,8-9,17-18H2,1-7H3,(H,28,32)/t21-,24+/m0/s1. The lowest BCUT2D eigenvalue weighted by Crippen LogP contribution is -2.53. The molecule has 0 aliphatic rings. The minimum atomic E-state index is -3.77. The Morgan fingerprint density at radius 1 is 1.03 bits per heavy atom. The van der Waals surface area contributed by atoms with Crippen LogP contribution >= 0.6 is 0 Å². The number of amides is 2. The first kappa shape index (κ1) is 29.2. The van der Waals surface area contributed by atoms with Gasteiger partial charge in [0.2, 0.25) is 21.8 Å². The van der Waals surface area contributed by atoms with Gasteiger partial charge in [-0.15, -0.1) is 0 Å². The third-order valence-corrected chi connectivity index (χ3v) is 7.34. The van der Waals surface area contributed by atoms with Crippen LogP contribution in [-0.4, -0.2) is 57.1 Å². The summed E-state index contributed by atoms with van der Waals surface area (Å²) in [5.41, 5.74) is 2.87. The molecule has 36 heavy (non-hydrogen) atoms. The van der Waals surface area contributed by atoms with Crippen LogP contribution in [0.15, 0.2) is 42.5 Å². The number of rotatable bonds is 12. The number of aryl methyl sites for hydroxylation is 2. The summed E-state index contributed by atoms with van der Waals surface area (Å²) in [6.45, 7) is 9.14. The highest BCUT2D eigenvalue weighted by molar-refractivity contribution is 7.92. The van der Waals surface area contributed by atoms with Crippen LogP contribution in [0.3, 0.4) is 0 Å². The van der Waals surface area contributed by atoms with Crippen molar-refractivity contribution in [3.63, 3.8) is 0 Å². The van der Waals surface area contributed by atoms with E-state index in [1.165, 1.54) is 4.90 Å². The molecule has 0 radical (unpaired) electrons. The normalized spacial score (nSPS) is 13.0. The summed E-state index contributed by atoms with van der Waals surface area (Å²) in [5.74, 6) is -0.0361. The van der Waals surface area contributed by atoms with Gasteiger partial charge in [0.1, 0.15) is 18.3 Å². The number of nitrogens with zero attached hydrogens (tertiary/aromatic N) is 2. The van der Waals surface area contributed by atoms with Crippen LogP contribution in [0.1, 0.15) is 50.3 Å². The van der Waals surface area contributed by atoms with Crippen LogP contribution in [0, 0.1) is 13.8 Å². The van der Waals surface area contributed by atoms with E-state index in [1.807, 2.05) is 52.0 Å². The molecule has 2 aromatic carbocycles. The topological polar surface area (TPSA) is 96.0 Å². The van der Waals surface area contributed by atoms with Gasteiger partial charge in [0.15, 0.2) is 0 Å². The zero-order chi connectivity index (χ0) is 27.0. The Hall–Kier alpha value is -3.07. The van der Waals surface area contributed by atoms with Crippen molar-refractivity contribution in [3.05, 3.63) is 59.2 Å². The van der Waals surface area contributed by atoms with Gasteiger partial charge in [-0.25, -0.2) is 8.42 Å². The van der Waals surface area contributed by atoms with E-state index in [0.29, 0.717) is 17.9 Å². The second-order valence-corrected chi connectivity index (χ2v) is 11.1. The molecule has 0 saturated carbocycles. The molecule has 0 saturated heterocycles. The number of sulfonamides is 1. The van der Waals surface area contributed by atoms with Gasteiger partial charge in [0.25, 0.3) is 0 Å². The monoisotopic (exact) mass is 517 g/mol.